The first-order chi connectivity index (χ1) is 9.22. The summed E-state index contributed by atoms with van der Waals surface area (Å²) in [5.41, 5.74) is 0. The standard InChI is InChI=1S/C13H26N2O4/c1-4-19-11-9-10(13(11)18-3)14-6-5-12(16)15-7-8-17-2/h10-11,13-14H,4-9H2,1-3H3,(H,15,16). The van der Waals surface area contributed by atoms with Crippen LogP contribution < -0.4 is 10.6 Å². The normalized spacial score (nSPS) is 25.9. The van der Waals surface area contributed by atoms with E-state index in [2.05, 4.69) is 10.6 Å². The lowest BCUT2D eigenvalue weighted by Gasteiger charge is -2.43. The SMILES string of the molecule is CCOC1CC(NCCC(=O)NCCOC)C1OC. The van der Waals surface area contributed by atoms with E-state index in [0.717, 1.165) is 6.42 Å². The van der Waals surface area contributed by atoms with E-state index in [9.17, 15) is 4.79 Å². The molecule has 112 valence electrons. The smallest absolute Gasteiger partial charge is 0.221 e. The number of hydrogen-bond acceptors (Lipinski definition) is 5. The lowest BCUT2D eigenvalue weighted by Crippen LogP contribution is -2.60. The Hall–Kier alpha value is -0.690. The van der Waals surface area contributed by atoms with E-state index in [1.165, 1.54) is 0 Å². The van der Waals surface area contributed by atoms with Crippen LogP contribution in [0.1, 0.15) is 19.8 Å². The van der Waals surface area contributed by atoms with Crippen LogP contribution in [0.2, 0.25) is 0 Å². The van der Waals surface area contributed by atoms with E-state index in [1.807, 2.05) is 6.92 Å². The summed E-state index contributed by atoms with van der Waals surface area (Å²) >= 11 is 0. The van der Waals surface area contributed by atoms with Crippen LogP contribution in [-0.4, -0.2) is 64.7 Å². The Morgan fingerprint density at radius 2 is 2.11 bits per heavy atom. The average molecular weight is 274 g/mol. The molecule has 1 aliphatic carbocycles. The highest BCUT2D eigenvalue weighted by atomic mass is 16.5. The zero-order chi connectivity index (χ0) is 14.1. The van der Waals surface area contributed by atoms with Crippen molar-refractivity contribution >= 4 is 5.91 Å². The number of carbonyl (C=O) groups is 1. The van der Waals surface area contributed by atoms with Gasteiger partial charge in [0.25, 0.3) is 0 Å². The van der Waals surface area contributed by atoms with E-state index in [4.69, 9.17) is 14.2 Å². The number of nitrogens with one attached hydrogen (secondary N) is 2. The predicted molar refractivity (Wildman–Crippen MR) is 72.1 cm³/mol. The average Bonchev–Trinajstić information content (AvgIpc) is 2.37. The van der Waals surface area contributed by atoms with Gasteiger partial charge in [0.05, 0.1) is 18.8 Å². The Morgan fingerprint density at radius 1 is 1.32 bits per heavy atom. The summed E-state index contributed by atoms with van der Waals surface area (Å²) in [6.45, 7) is 4.45. The molecule has 0 aromatic carbocycles. The number of rotatable bonds is 10. The molecule has 0 saturated heterocycles. The Bertz CT molecular complexity index is 263. The van der Waals surface area contributed by atoms with Crippen molar-refractivity contribution < 1.29 is 19.0 Å². The molecule has 0 aromatic rings. The summed E-state index contributed by atoms with van der Waals surface area (Å²) in [6, 6.07) is 0.285. The number of carbonyl (C=O) groups excluding carboxylic acids is 1. The van der Waals surface area contributed by atoms with E-state index in [-0.39, 0.29) is 24.2 Å². The van der Waals surface area contributed by atoms with Crippen molar-refractivity contribution in [2.75, 3.05) is 40.5 Å². The van der Waals surface area contributed by atoms with Crippen LogP contribution in [0.4, 0.5) is 0 Å². The van der Waals surface area contributed by atoms with Crippen LogP contribution in [-0.2, 0) is 19.0 Å². The summed E-state index contributed by atoms with van der Waals surface area (Å²) < 4.78 is 15.8. The second-order valence-corrected chi connectivity index (χ2v) is 4.58. The van der Waals surface area contributed by atoms with Gasteiger partial charge in [-0.05, 0) is 13.3 Å². The molecule has 2 N–H and O–H groups in total. The first-order valence-electron chi connectivity index (χ1n) is 6.86. The number of amides is 1. The van der Waals surface area contributed by atoms with Gasteiger partial charge >= 0.3 is 0 Å². The van der Waals surface area contributed by atoms with Crippen LogP contribution in [0.5, 0.6) is 0 Å². The van der Waals surface area contributed by atoms with Crippen molar-refractivity contribution in [3.63, 3.8) is 0 Å². The monoisotopic (exact) mass is 274 g/mol. The fourth-order valence-electron chi connectivity index (χ4n) is 2.23. The van der Waals surface area contributed by atoms with Gasteiger partial charge in [-0.15, -0.1) is 0 Å². The Kier molecular flexibility index (Phi) is 7.97. The number of hydrogen-bond donors (Lipinski definition) is 2. The van der Waals surface area contributed by atoms with Crippen molar-refractivity contribution in [1.82, 2.24) is 10.6 Å². The summed E-state index contributed by atoms with van der Waals surface area (Å²) in [5.74, 6) is 0.0409. The van der Waals surface area contributed by atoms with E-state index in [0.29, 0.717) is 32.7 Å². The molecule has 3 atom stereocenters. The lowest BCUT2D eigenvalue weighted by molar-refractivity contribution is -0.132. The van der Waals surface area contributed by atoms with E-state index < -0.39 is 0 Å². The lowest BCUT2D eigenvalue weighted by atomic mass is 9.85. The first kappa shape index (κ1) is 16.4. The van der Waals surface area contributed by atoms with Gasteiger partial charge < -0.3 is 24.8 Å². The van der Waals surface area contributed by atoms with Crippen molar-refractivity contribution in [3.8, 4) is 0 Å². The first-order valence-corrected chi connectivity index (χ1v) is 6.86. The minimum atomic E-state index is 0.0409. The molecule has 3 unspecified atom stereocenters. The van der Waals surface area contributed by atoms with Crippen LogP contribution in [0, 0.1) is 0 Å². The molecule has 0 heterocycles. The third-order valence-electron chi connectivity index (χ3n) is 3.29. The van der Waals surface area contributed by atoms with Gasteiger partial charge in [0.2, 0.25) is 5.91 Å². The second kappa shape index (κ2) is 9.25. The molecule has 6 heteroatoms. The van der Waals surface area contributed by atoms with Crippen molar-refractivity contribution in [3.05, 3.63) is 0 Å². The summed E-state index contributed by atoms with van der Waals surface area (Å²) in [5, 5.41) is 6.12. The number of methoxy groups -OCH3 is 2. The molecular weight excluding hydrogens is 248 g/mol. The molecule has 1 rings (SSSR count). The zero-order valence-corrected chi connectivity index (χ0v) is 12.1. The Morgan fingerprint density at radius 3 is 2.74 bits per heavy atom. The van der Waals surface area contributed by atoms with Gasteiger partial charge in [0.15, 0.2) is 0 Å². The molecule has 0 spiro atoms. The van der Waals surface area contributed by atoms with Crippen molar-refractivity contribution in [1.29, 1.82) is 0 Å². The van der Waals surface area contributed by atoms with E-state index in [1.54, 1.807) is 14.2 Å². The molecule has 19 heavy (non-hydrogen) atoms. The highest BCUT2D eigenvalue weighted by molar-refractivity contribution is 5.76. The topological polar surface area (TPSA) is 68.8 Å². The molecular formula is C13H26N2O4. The molecule has 6 nitrogen and oxygen atoms in total. The molecule has 0 aromatic heterocycles. The summed E-state index contributed by atoms with van der Waals surface area (Å²) in [7, 11) is 3.31. The molecule has 0 radical (unpaired) electrons. The van der Waals surface area contributed by atoms with Gasteiger partial charge in [0.1, 0.15) is 0 Å². The molecule has 1 saturated carbocycles. The van der Waals surface area contributed by atoms with Gasteiger partial charge in [0, 0.05) is 46.4 Å². The third-order valence-corrected chi connectivity index (χ3v) is 3.29. The molecule has 0 bridgehead atoms. The fraction of sp³-hybridized carbons (Fsp3) is 0.923. The van der Waals surface area contributed by atoms with Gasteiger partial charge in [-0.3, -0.25) is 4.79 Å². The second-order valence-electron chi connectivity index (χ2n) is 4.58. The molecule has 1 amide bonds. The van der Waals surface area contributed by atoms with Crippen molar-refractivity contribution in [2.24, 2.45) is 0 Å². The highest BCUT2D eigenvalue weighted by Gasteiger charge is 2.41. The Labute approximate surface area is 115 Å². The van der Waals surface area contributed by atoms with Crippen LogP contribution in [0.3, 0.4) is 0 Å². The largest absolute Gasteiger partial charge is 0.383 e. The predicted octanol–water partition coefficient (Wildman–Crippen LogP) is -0.0789. The maximum absolute atomic E-state index is 11.5. The summed E-state index contributed by atoms with van der Waals surface area (Å²) in [4.78, 5) is 11.5. The van der Waals surface area contributed by atoms with E-state index >= 15 is 0 Å². The minimum Gasteiger partial charge on any atom is -0.383 e. The van der Waals surface area contributed by atoms with Gasteiger partial charge in [-0.25, -0.2) is 0 Å². The Balaban J connectivity index is 2.08. The number of ether oxygens (including phenoxy) is 3. The minimum absolute atomic E-state index is 0.0409. The van der Waals surface area contributed by atoms with Crippen LogP contribution in [0.15, 0.2) is 0 Å². The van der Waals surface area contributed by atoms with Crippen molar-refractivity contribution in [2.45, 2.75) is 38.0 Å². The zero-order valence-electron chi connectivity index (χ0n) is 12.1. The third kappa shape index (κ3) is 5.44. The molecule has 1 fully saturated rings. The van der Waals surface area contributed by atoms with Crippen LogP contribution >= 0.6 is 0 Å². The highest BCUT2D eigenvalue weighted by Crippen LogP contribution is 2.26. The summed E-state index contributed by atoms with van der Waals surface area (Å²) in [6.07, 6.45) is 1.69. The molecule has 0 aliphatic heterocycles. The maximum atomic E-state index is 11.5. The van der Waals surface area contributed by atoms with Gasteiger partial charge in [-0.1, -0.05) is 0 Å². The molecule has 1 aliphatic rings. The van der Waals surface area contributed by atoms with Gasteiger partial charge in [-0.2, -0.15) is 0 Å². The quantitative estimate of drug-likeness (QED) is 0.545. The fourth-order valence-corrected chi connectivity index (χ4v) is 2.23. The van der Waals surface area contributed by atoms with Crippen LogP contribution in [0.25, 0.3) is 0 Å². The maximum Gasteiger partial charge on any atom is 0.221 e.